The summed E-state index contributed by atoms with van der Waals surface area (Å²) in [5.41, 5.74) is 4.19. The van der Waals surface area contributed by atoms with Gasteiger partial charge in [0.15, 0.2) is 5.78 Å². The molecule has 1 aliphatic carbocycles. The summed E-state index contributed by atoms with van der Waals surface area (Å²) in [7, 11) is -2.31. The maximum absolute atomic E-state index is 13.3. The monoisotopic (exact) mass is 567 g/mol. The van der Waals surface area contributed by atoms with E-state index in [9.17, 15) is 18.0 Å². The minimum atomic E-state index is -3.78. The van der Waals surface area contributed by atoms with Crippen molar-refractivity contribution in [3.8, 4) is 11.3 Å². The average molecular weight is 568 g/mol. The molecule has 0 saturated heterocycles. The number of likely N-dealkylation sites (N-methyl/N-ethyl adjacent to an activating group) is 1. The van der Waals surface area contributed by atoms with Gasteiger partial charge in [0.1, 0.15) is 12.3 Å². The summed E-state index contributed by atoms with van der Waals surface area (Å²) < 4.78 is 29.0. The largest absolute Gasteiger partial charge is 0.354 e. The van der Waals surface area contributed by atoms with Gasteiger partial charge in [-0.15, -0.1) is 0 Å². The first-order valence-corrected chi connectivity index (χ1v) is 15.5. The molecule has 0 spiro atoms. The van der Waals surface area contributed by atoms with Crippen LogP contribution < -0.4 is 5.32 Å². The Balaban J connectivity index is 1.72. The van der Waals surface area contributed by atoms with E-state index < -0.39 is 21.6 Å². The van der Waals surface area contributed by atoms with E-state index in [-0.39, 0.29) is 19.0 Å². The van der Waals surface area contributed by atoms with Crippen LogP contribution in [0.4, 0.5) is 0 Å². The SMILES string of the molecule is CN1C/C=C\CCNC(=O)Cn2c(-c3ccc(Cl)cc3)c(C3CCCCC3)c3ccc(cc32)C(=O)CS1(=O)=O. The van der Waals surface area contributed by atoms with Crippen molar-refractivity contribution >= 4 is 44.2 Å². The molecule has 2 aromatic carbocycles. The fourth-order valence-electron chi connectivity index (χ4n) is 5.75. The Hall–Kier alpha value is -2.94. The number of hydrogen-bond acceptors (Lipinski definition) is 4. The highest BCUT2D eigenvalue weighted by molar-refractivity contribution is 7.89. The normalized spacial score (nSPS) is 20.8. The fourth-order valence-corrected chi connectivity index (χ4v) is 6.90. The molecule has 0 radical (unpaired) electrons. The Morgan fingerprint density at radius 3 is 2.41 bits per heavy atom. The van der Waals surface area contributed by atoms with E-state index in [4.69, 9.17) is 11.6 Å². The van der Waals surface area contributed by atoms with Crippen LogP contribution in [-0.2, 0) is 21.4 Å². The third kappa shape index (κ3) is 5.98. The minimum absolute atomic E-state index is 0.0869. The van der Waals surface area contributed by atoms with E-state index in [2.05, 4.69) is 5.32 Å². The number of aromatic nitrogens is 1. The molecular formula is C30H34ClN3O4S. The van der Waals surface area contributed by atoms with Crippen LogP contribution in [0.1, 0.15) is 60.4 Å². The van der Waals surface area contributed by atoms with Gasteiger partial charge >= 0.3 is 0 Å². The maximum atomic E-state index is 13.3. The number of nitrogens with zero attached hydrogens (tertiary/aromatic N) is 2. The van der Waals surface area contributed by atoms with Crippen LogP contribution >= 0.6 is 11.6 Å². The second-order valence-electron chi connectivity index (χ2n) is 10.5. The van der Waals surface area contributed by atoms with Crippen LogP contribution in [0.3, 0.4) is 0 Å². The van der Waals surface area contributed by atoms with Crippen molar-refractivity contribution in [1.29, 1.82) is 0 Å². The smallest absolute Gasteiger partial charge is 0.239 e. The van der Waals surface area contributed by atoms with Crippen LogP contribution in [0.5, 0.6) is 0 Å². The average Bonchev–Trinajstić information content (AvgIpc) is 3.23. The van der Waals surface area contributed by atoms with Gasteiger partial charge in [0.2, 0.25) is 15.9 Å². The standard InChI is InChI=1S/C30H34ClN3O4S/c1-33-17-7-3-6-16-32-28(36)19-34-26-18-23(27(35)20-39(33,37)38)12-15-25(26)29(21-8-4-2-5-9-21)30(34)22-10-13-24(31)14-11-22/h3,7,10-15,18,21H,2,4-6,8-9,16-17,19-20H2,1H3,(H,32,36)/b7-3-. The highest BCUT2D eigenvalue weighted by Crippen LogP contribution is 2.44. The van der Waals surface area contributed by atoms with Gasteiger partial charge in [0.05, 0.1) is 5.69 Å². The number of nitrogens with one attached hydrogen (secondary N) is 1. The lowest BCUT2D eigenvalue weighted by Crippen LogP contribution is -2.32. The lowest BCUT2D eigenvalue weighted by atomic mass is 9.81. The molecule has 2 bridgehead atoms. The molecule has 1 fully saturated rings. The van der Waals surface area contributed by atoms with Gasteiger partial charge in [0, 0.05) is 41.6 Å². The number of carbonyl (C=O) groups excluding carboxylic acids is 2. The van der Waals surface area contributed by atoms with Gasteiger partial charge in [0.25, 0.3) is 0 Å². The quantitative estimate of drug-likeness (QED) is 0.412. The molecule has 1 amide bonds. The molecule has 206 valence electrons. The van der Waals surface area contributed by atoms with E-state index >= 15 is 0 Å². The van der Waals surface area contributed by atoms with Crippen molar-refractivity contribution in [2.24, 2.45) is 0 Å². The molecule has 1 aliphatic heterocycles. The minimum Gasteiger partial charge on any atom is -0.354 e. The third-order valence-electron chi connectivity index (χ3n) is 7.81. The number of sulfonamides is 1. The molecule has 9 heteroatoms. The van der Waals surface area contributed by atoms with Crippen LogP contribution in [0, 0.1) is 0 Å². The first-order chi connectivity index (χ1) is 18.7. The molecule has 39 heavy (non-hydrogen) atoms. The summed E-state index contributed by atoms with van der Waals surface area (Å²) in [6.07, 6.45) is 9.78. The van der Waals surface area contributed by atoms with Gasteiger partial charge in [-0.05, 0) is 54.5 Å². The number of amides is 1. The van der Waals surface area contributed by atoms with Crippen LogP contribution in [0.15, 0.2) is 54.6 Å². The molecule has 2 heterocycles. The van der Waals surface area contributed by atoms with Gasteiger partial charge in [-0.2, -0.15) is 0 Å². The van der Waals surface area contributed by atoms with E-state index in [1.165, 1.54) is 23.3 Å². The summed E-state index contributed by atoms with van der Waals surface area (Å²) in [5, 5.41) is 4.63. The molecule has 1 N–H and O–H groups in total. The van der Waals surface area contributed by atoms with E-state index in [1.807, 2.05) is 41.0 Å². The van der Waals surface area contributed by atoms with Crippen LogP contribution in [0.2, 0.25) is 5.02 Å². The first-order valence-electron chi connectivity index (χ1n) is 13.6. The number of rotatable bonds is 2. The van der Waals surface area contributed by atoms with E-state index in [0.717, 1.165) is 47.8 Å². The number of carbonyl (C=O) groups is 2. The predicted octanol–water partition coefficient (Wildman–Crippen LogP) is 5.53. The summed E-state index contributed by atoms with van der Waals surface area (Å²) >= 11 is 6.23. The Labute approximate surface area is 234 Å². The van der Waals surface area contributed by atoms with Crippen molar-refractivity contribution in [1.82, 2.24) is 14.2 Å². The summed E-state index contributed by atoms with van der Waals surface area (Å²) in [4.78, 5) is 26.5. The molecule has 5 rings (SSSR count). The summed E-state index contributed by atoms with van der Waals surface area (Å²) in [5.74, 6) is -0.867. The van der Waals surface area contributed by atoms with Gasteiger partial charge in [-0.3, -0.25) is 9.59 Å². The number of benzene rings is 2. The second-order valence-corrected chi connectivity index (χ2v) is 13.0. The van der Waals surface area contributed by atoms with Crippen molar-refractivity contribution in [2.45, 2.75) is 51.0 Å². The number of fused-ring (bicyclic) bond motifs is 1. The zero-order valence-electron chi connectivity index (χ0n) is 22.2. The lowest BCUT2D eigenvalue weighted by Gasteiger charge is -2.23. The van der Waals surface area contributed by atoms with Crippen molar-refractivity contribution in [2.75, 3.05) is 25.9 Å². The zero-order valence-corrected chi connectivity index (χ0v) is 23.7. The van der Waals surface area contributed by atoms with E-state index in [0.29, 0.717) is 29.5 Å². The summed E-state index contributed by atoms with van der Waals surface area (Å²) in [6.45, 7) is 0.699. The van der Waals surface area contributed by atoms with Crippen molar-refractivity contribution < 1.29 is 18.0 Å². The molecule has 2 aliphatic rings. The van der Waals surface area contributed by atoms with Gasteiger partial charge in [-0.25, -0.2) is 12.7 Å². The topological polar surface area (TPSA) is 88.5 Å². The Kier molecular flexibility index (Phi) is 8.26. The Bertz CT molecular complexity index is 1520. The Morgan fingerprint density at radius 1 is 0.949 bits per heavy atom. The number of hydrogen-bond donors (Lipinski definition) is 1. The predicted molar refractivity (Wildman–Crippen MR) is 156 cm³/mol. The molecule has 3 aromatic rings. The lowest BCUT2D eigenvalue weighted by molar-refractivity contribution is -0.121. The molecule has 0 atom stereocenters. The van der Waals surface area contributed by atoms with Gasteiger partial charge < -0.3 is 9.88 Å². The maximum Gasteiger partial charge on any atom is 0.239 e. The molecular weight excluding hydrogens is 534 g/mol. The first kappa shape index (κ1) is 27.6. The number of halogens is 1. The van der Waals surface area contributed by atoms with Crippen LogP contribution in [0.25, 0.3) is 22.2 Å². The molecule has 1 aromatic heterocycles. The van der Waals surface area contributed by atoms with E-state index in [1.54, 1.807) is 18.2 Å². The van der Waals surface area contributed by atoms with Crippen molar-refractivity contribution in [3.05, 3.63) is 70.8 Å². The fraction of sp³-hybridized carbons (Fsp3) is 0.400. The summed E-state index contributed by atoms with van der Waals surface area (Å²) in [6, 6.07) is 13.1. The second kappa shape index (κ2) is 11.7. The number of ketones is 1. The zero-order chi connectivity index (χ0) is 27.6. The number of Topliss-reactive ketones (excluding diaryl/α,β-unsaturated/α-hetero) is 1. The van der Waals surface area contributed by atoms with Crippen molar-refractivity contribution in [3.63, 3.8) is 0 Å². The van der Waals surface area contributed by atoms with Crippen LogP contribution in [-0.4, -0.2) is 54.9 Å². The molecule has 0 unspecified atom stereocenters. The highest BCUT2D eigenvalue weighted by Gasteiger charge is 2.29. The Morgan fingerprint density at radius 2 is 1.67 bits per heavy atom. The molecule has 1 saturated carbocycles. The van der Waals surface area contributed by atoms with Gasteiger partial charge in [-0.1, -0.05) is 67.3 Å². The third-order valence-corrected chi connectivity index (χ3v) is 9.79. The highest BCUT2D eigenvalue weighted by atomic mass is 35.5. The molecule has 7 nitrogen and oxygen atoms in total.